The molecule has 116 valence electrons. The van der Waals surface area contributed by atoms with Crippen LogP contribution < -0.4 is 0 Å². The summed E-state index contributed by atoms with van der Waals surface area (Å²) in [5, 5.41) is 11.1. The molecule has 0 aliphatic rings. The molecule has 6 heteroatoms. The van der Waals surface area contributed by atoms with Crippen molar-refractivity contribution in [3.63, 3.8) is 0 Å². The summed E-state index contributed by atoms with van der Waals surface area (Å²) in [5.74, 6) is -0.0387. The Kier molecular flexibility index (Phi) is 4.14. The van der Waals surface area contributed by atoms with Crippen LogP contribution in [-0.2, 0) is 6.54 Å². The fourth-order valence-corrected chi connectivity index (χ4v) is 2.40. The Bertz CT molecular complexity index is 813. The molecule has 3 rings (SSSR count). The Balaban J connectivity index is 1.80. The van der Waals surface area contributed by atoms with Crippen LogP contribution >= 0.6 is 0 Å². The quantitative estimate of drug-likeness (QED) is 0.741. The van der Waals surface area contributed by atoms with E-state index in [1.165, 1.54) is 16.6 Å². The van der Waals surface area contributed by atoms with E-state index in [9.17, 15) is 4.79 Å². The van der Waals surface area contributed by atoms with Crippen LogP contribution in [0.25, 0.3) is 5.69 Å². The van der Waals surface area contributed by atoms with Gasteiger partial charge in [0.1, 0.15) is 6.33 Å². The van der Waals surface area contributed by atoms with Gasteiger partial charge in [0.05, 0.1) is 5.69 Å². The van der Waals surface area contributed by atoms with Gasteiger partial charge in [0.15, 0.2) is 0 Å². The van der Waals surface area contributed by atoms with E-state index >= 15 is 0 Å². The van der Waals surface area contributed by atoms with Crippen LogP contribution in [0, 0.1) is 6.92 Å². The zero-order valence-electron chi connectivity index (χ0n) is 13.0. The molecule has 0 unspecified atom stereocenters. The lowest BCUT2D eigenvalue weighted by atomic mass is 10.1. The molecular formula is C17H17N5O. The summed E-state index contributed by atoms with van der Waals surface area (Å²) in [4.78, 5) is 14.4. The van der Waals surface area contributed by atoms with Gasteiger partial charge in [-0.15, -0.1) is 5.10 Å². The van der Waals surface area contributed by atoms with Crippen molar-refractivity contribution in [2.45, 2.75) is 13.5 Å². The van der Waals surface area contributed by atoms with Crippen LogP contribution in [-0.4, -0.2) is 38.1 Å². The van der Waals surface area contributed by atoms with E-state index in [-0.39, 0.29) is 5.91 Å². The van der Waals surface area contributed by atoms with Crippen molar-refractivity contribution in [3.8, 4) is 5.69 Å². The van der Waals surface area contributed by atoms with Gasteiger partial charge >= 0.3 is 0 Å². The van der Waals surface area contributed by atoms with Gasteiger partial charge in [-0.05, 0) is 46.7 Å². The molecule has 0 bridgehead atoms. The average Bonchev–Trinajstić information content (AvgIpc) is 3.11. The van der Waals surface area contributed by atoms with Crippen molar-refractivity contribution >= 4 is 5.91 Å². The number of aromatic nitrogens is 4. The highest BCUT2D eigenvalue weighted by Gasteiger charge is 2.14. The molecule has 0 atom stereocenters. The van der Waals surface area contributed by atoms with Crippen molar-refractivity contribution in [2.75, 3.05) is 7.05 Å². The molecule has 0 fully saturated rings. The smallest absolute Gasteiger partial charge is 0.253 e. The number of hydrogen-bond acceptors (Lipinski definition) is 4. The van der Waals surface area contributed by atoms with Crippen molar-refractivity contribution in [2.24, 2.45) is 0 Å². The molecule has 0 radical (unpaired) electrons. The summed E-state index contributed by atoms with van der Waals surface area (Å²) in [5.41, 5.74) is 3.67. The second-order valence-corrected chi connectivity index (χ2v) is 5.39. The van der Waals surface area contributed by atoms with Crippen molar-refractivity contribution in [1.29, 1.82) is 0 Å². The number of hydrogen-bond donors (Lipinski definition) is 0. The van der Waals surface area contributed by atoms with E-state index in [0.29, 0.717) is 12.1 Å². The van der Waals surface area contributed by atoms with E-state index in [4.69, 9.17) is 0 Å². The molecule has 1 amide bonds. The van der Waals surface area contributed by atoms with Gasteiger partial charge in [-0.3, -0.25) is 4.79 Å². The third-order valence-corrected chi connectivity index (χ3v) is 3.72. The number of benzene rings is 2. The predicted molar refractivity (Wildman–Crippen MR) is 86.1 cm³/mol. The maximum absolute atomic E-state index is 12.6. The molecule has 23 heavy (non-hydrogen) atoms. The molecular weight excluding hydrogens is 290 g/mol. The maximum atomic E-state index is 12.6. The number of nitrogens with zero attached hydrogens (tertiary/aromatic N) is 5. The van der Waals surface area contributed by atoms with Crippen molar-refractivity contribution in [3.05, 3.63) is 71.5 Å². The van der Waals surface area contributed by atoms with Gasteiger partial charge < -0.3 is 4.90 Å². The lowest BCUT2D eigenvalue weighted by Gasteiger charge is -2.19. The minimum absolute atomic E-state index is 0.0387. The minimum Gasteiger partial charge on any atom is -0.337 e. The zero-order valence-corrected chi connectivity index (χ0v) is 13.0. The molecule has 0 spiro atoms. The Morgan fingerprint density at radius 2 is 2.00 bits per heavy atom. The first kappa shape index (κ1) is 14.9. The first-order valence-corrected chi connectivity index (χ1v) is 7.28. The normalized spacial score (nSPS) is 10.5. The molecule has 6 nitrogen and oxygen atoms in total. The number of aryl methyl sites for hydroxylation is 1. The monoisotopic (exact) mass is 307 g/mol. The summed E-state index contributed by atoms with van der Waals surface area (Å²) >= 11 is 0. The highest BCUT2D eigenvalue weighted by Crippen LogP contribution is 2.14. The van der Waals surface area contributed by atoms with Crippen LogP contribution in [0.15, 0.2) is 54.9 Å². The third kappa shape index (κ3) is 3.26. The molecule has 0 aliphatic carbocycles. The van der Waals surface area contributed by atoms with Gasteiger partial charge in [0.25, 0.3) is 5.91 Å². The van der Waals surface area contributed by atoms with E-state index in [1.54, 1.807) is 24.1 Å². The van der Waals surface area contributed by atoms with Crippen molar-refractivity contribution in [1.82, 2.24) is 25.1 Å². The van der Waals surface area contributed by atoms with Crippen LogP contribution in [0.2, 0.25) is 0 Å². The highest BCUT2D eigenvalue weighted by atomic mass is 16.2. The number of carbonyl (C=O) groups is 1. The lowest BCUT2D eigenvalue weighted by molar-refractivity contribution is 0.0785. The van der Waals surface area contributed by atoms with Crippen LogP contribution in [0.1, 0.15) is 21.5 Å². The summed E-state index contributed by atoms with van der Waals surface area (Å²) in [7, 11) is 1.80. The van der Waals surface area contributed by atoms with Crippen LogP contribution in [0.3, 0.4) is 0 Å². The molecule has 2 aromatic carbocycles. The topological polar surface area (TPSA) is 63.9 Å². The third-order valence-electron chi connectivity index (χ3n) is 3.72. The largest absolute Gasteiger partial charge is 0.337 e. The Hall–Kier alpha value is -3.02. The first-order valence-electron chi connectivity index (χ1n) is 7.28. The molecule has 0 aliphatic heterocycles. The highest BCUT2D eigenvalue weighted by molar-refractivity contribution is 5.94. The van der Waals surface area contributed by atoms with E-state index in [1.807, 2.05) is 43.3 Å². The Labute approximate surface area is 134 Å². The fourth-order valence-electron chi connectivity index (χ4n) is 2.40. The predicted octanol–water partition coefficient (Wildman–Crippen LogP) is 2.24. The number of rotatable bonds is 4. The molecule has 0 saturated heterocycles. The molecule has 3 aromatic rings. The molecule has 1 heterocycles. The van der Waals surface area contributed by atoms with E-state index < -0.39 is 0 Å². The zero-order chi connectivity index (χ0) is 16.2. The second-order valence-electron chi connectivity index (χ2n) is 5.39. The van der Waals surface area contributed by atoms with E-state index in [2.05, 4.69) is 15.5 Å². The second kappa shape index (κ2) is 6.39. The molecule has 0 saturated carbocycles. The molecule has 0 N–H and O–H groups in total. The summed E-state index contributed by atoms with van der Waals surface area (Å²) in [6.45, 7) is 2.62. The number of carbonyl (C=O) groups excluding carboxylic acids is 1. The summed E-state index contributed by atoms with van der Waals surface area (Å²) in [6.07, 6.45) is 1.50. The maximum Gasteiger partial charge on any atom is 0.253 e. The van der Waals surface area contributed by atoms with Crippen LogP contribution in [0.5, 0.6) is 0 Å². The van der Waals surface area contributed by atoms with Gasteiger partial charge in [-0.25, -0.2) is 4.68 Å². The fraction of sp³-hybridized carbons (Fsp3) is 0.176. The Morgan fingerprint density at radius 1 is 1.17 bits per heavy atom. The molecule has 1 aromatic heterocycles. The number of amides is 1. The minimum atomic E-state index is -0.0387. The van der Waals surface area contributed by atoms with E-state index in [0.717, 1.165) is 11.3 Å². The Morgan fingerprint density at radius 3 is 2.74 bits per heavy atom. The standard InChI is InChI=1S/C17H17N5O/c1-13-6-3-4-7-15(13)11-21(2)17(23)14-8-5-9-16(10-14)22-12-18-19-20-22/h3-10,12H,11H2,1-2H3. The first-order chi connectivity index (χ1) is 11.1. The van der Waals surface area contributed by atoms with Crippen molar-refractivity contribution < 1.29 is 4.79 Å². The van der Waals surface area contributed by atoms with Gasteiger partial charge in [0.2, 0.25) is 0 Å². The summed E-state index contributed by atoms with van der Waals surface area (Å²) in [6, 6.07) is 15.3. The SMILES string of the molecule is Cc1ccccc1CN(C)C(=O)c1cccc(-n2cnnn2)c1. The van der Waals surface area contributed by atoms with Gasteiger partial charge in [0, 0.05) is 19.2 Å². The van der Waals surface area contributed by atoms with Crippen LogP contribution in [0.4, 0.5) is 0 Å². The average molecular weight is 307 g/mol. The van der Waals surface area contributed by atoms with Gasteiger partial charge in [-0.2, -0.15) is 0 Å². The van der Waals surface area contributed by atoms with Gasteiger partial charge in [-0.1, -0.05) is 30.3 Å². The lowest BCUT2D eigenvalue weighted by Crippen LogP contribution is -2.26. The number of tetrazole rings is 1. The summed E-state index contributed by atoms with van der Waals surface area (Å²) < 4.78 is 1.53.